The average molecular weight is 341 g/mol. The molecule has 0 amide bonds. The van der Waals surface area contributed by atoms with E-state index >= 15 is 0 Å². The number of aromatic hydroxyl groups is 1. The van der Waals surface area contributed by atoms with Gasteiger partial charge in [-0.25, -0.2) is 0 Å². The number of fused-ring (bicyclic) bond motifs is 1. The zero-order valence-corrected chi connectivity index (χ0v) is 14.4. The van der Waals surface area contributed by atoms with Crippen molar-refractivity contribution in [1.29, 1.82) is 5.26 Å². The molecule has 2 N–H and O–H groups in total. The fourth-order valence-electron chi connectivity index (χ4n) is 3.26. The predicted octanol–water partition coefficient (Wildman–Crippen LogP) is 2.98. The summed E-state index contributed by atoms with van der Waals surface area (Å²) in [5.41, 5.74) is 0.716. The van der Waals surface area contributed by atoms with Crippen molar-refractivity contribution >= 4 is 10.9 Å². The molecule has 2 aromatic rings. The fourth-order valence-corrected chi connectivity index (χ4v) is 3.26. The second kappa shape index (κ2) is 8.04. The molecule has 1 unspecified atom stereocenters. The summed E-state index contributed by atoms with van der Waals surface area (Å²) in [5.74, 6) is 1.79. The Morgan fingerprint density at radius 3 is 3.00 bits per heavy atom. The minimum atomic E-state index is -0.0813. The number of pyridine rings is 1. The van der Waals surface area contributed by atoms with Crippen molar-refractivity contribution in [1.82, 2.24) is 10.3 Å². The lowest BCUT2D eigenvalue weighted by atomic mass is 9.95. The third-order valence-corrected chi connectivity index (χ3v) is 4.66. The van der Waals surface area contributed by atoms with Gasteiger partial charge in [-0.05, 0) is 50.8 Å². The molecule has 1 aliphatic rings. The van der Waals surface area contributed by atoms with E-state index in [1.807, 2.05) is 6.07 Å². The van der Waals surface area contributed by atoms with Crippen LogP contribution in [0.15, 0.2) is 18.3 Å². The highest BCUT2D eigenvalue weighted by Gasteiger charge is 2.15. The summed E-state index contributed by atoms with van der Waals surface area (Å²) in [6.07, 6.45) is 6.04. The van der Waals surface area contributed by atoms with E-state index in [0.717, 1.165) is 31.8 Å². The summed E-state index contributed by atoms with van der Waals surface area (Å²) in [4.78, 5) is 4.22. The van der Waals surface area contributed by atoms with E-state index in [9.17, 15) is 5.11 Å². The van der Waals surface area contributed by atoms with Crippen molar-refractivity contribution in [3.63, 3.8) is 0 Å². The second-order valence-electron chi connectivity index (χ2n) is 6.36. The second-order valence-corrected chi connectivity index (χ2v) is 6.36. The summed E-state index contributed by atoms with van der Waals surface area (Å²) in [6.45, 7) is 2.85. The van der Waals surface area contributed by atoms with Crippen LogP contribution in [0, 0.1) is 17.2 Å². The maximum absolute atomic E-state index is 10.2. The van der Waals surface area contributed by atoms with Gasteiger partial charge < -0.3 is 19.9 Å². The maximum atomic E-state index is 10.2. The van der Waals surface area contributed by atoms with Gasteiger partial charge in [0.1, 0.15) is 17.4 Å². The molecular formula is C19H23N3O3. The van der Waals surface area contributed by atoms with Crippen LogP contribution in [-0.4, -0.2) is 36.9 Å². The summed E-state index contributed by atoms with van der Waals surface area (Å²) in [7, 11) is 1.56. The van der Waals surface area contributed by atoms with Gasteiger partial charge in [-0.2, -0.15) is 5.26 Å². The van der Waals surface area contributed by atoms with E-state index in [1.165, 1.54) is 19.0 Å². The van der Waals surface area contributed by atoms with Crippen molar-refractivity contribution < 1.29 is 14.6 Å². The number of methoxy groups -OCH3 is 1. The van der Waals surface area contributed by atoms with Crippen molar-refractivity contribution in [2.75, 3.05) is 26.8 Å². The molecular weight excluding hydrogens is 318 g/mol. The van der Waals surface area contributed by atoms with E-state index in [0.29, 0.717) is 29.0 Å². The number of piperidine rings is 1. The number of rotatable bonds is 6. The van der Waals surface area contributed by atoms with Gasteiger partial charge in [0.2, 0.25) is 0 Å². The number of benzene rings is 1. The van der Waals surface area contributed by atoms with Crippen molar-refractivity contribution in [3.8, 4) is 23.3 Å². The third-order valence-electron chi connectivity index (χ3n) is 4.66. The Labute approximate surface area is 147 Å². The highest BCUT2D eigenvalue weighted by Crippen LogP contribution is 2.36. The quantitative estimate of drug-likeness (QED) is 0.786. The van der Waals surface area contributed by atoms with Gasteiger partial charge in [-0.1, -0.05) is 0 Å². The molecule has 0 aliphatic carbocycles. The summed E-state index contributed by atoms with van der Waals surface area (Å²) >= 11 is 0. The molecule has 0 radical (unpaired) electrons. The van der Waals surface area contributed by atoms with Crippen LogP contribution in [0.4, 0.5) is 0 Å². The molecule has 1 aromatic carbocycles. The Kier molecular flexibility index (Phi) is 5.56. The molecule has 0 spiro atoms. The average Bonchev–Trinajstić information content (AvgIpc) is 2.66. The summed E-state index contributed by atoms with van der Waals surface area (Å²) in [5, 5.41) is 23.1. The van der Waals surface area contributed by atoms with Gasteiger partial charge in [0.05, 0.1) is 19.2 Å². The van der Waals surface area contributed by atoms with Gasteiger partial charge in [0.25, 0.3) is 0 Å². The summed E-state index contributed by atoms with van der Waals surface area (Å²) < 4.78 is 11.3. The maximum Gasteiger partial charge on any atom is 0.163 e. The normalized spacial score (nSPS) is 17.2. The van der Waals surface area contributed by atoms with E-state index in [4.69, 9.17) is 14.7 Å². The van der Waals surface area contributed by atoms with Gasteiger partial charge in [-0.15, -0.1) is 0 Å². The number of hydrogen-bond donors (Lipinski definition) is 2. The van der Waals surface area contributed by atoms with E-state index in [2.05, 4.69) is 10.3 Å². The largest absolute Gasteiger partial charge is 0.506 e. The highest BCUT2D eigenvalue weighted by atomic mass is 16.5. The zero-order chi connectivity index (χ0) is 17.6. The molecule has 25 heavy (non-hydrogen) atoms. The molecule has 1 atom stereocenters. The Morgan fingerprint density at radius 2 is 2.28 bits per heavy atom. The number of aromatic nitrogens is 1. The highest BCUT2D eigenvalue weighted by molar-refractivity contribution is 5.89. The SMILES string of the molecule is COc1cc2c(O)c(C#N)cnc2cc1OCCCC1CCCNC1. The first-order chi connectivity index (χ1) is 12.2. The number of hydrogen-bond acceptors (Lipinski definition) is 6. The Morgan fingerprint density at radius 1 is 1.40 bits per heavy atom. The lowest BCUT2D eigenvalue weighted by Crippen LogP contribution is -2.29. The van der Waals surface area contributed by atoms with Crippen LogP contribution in [0.1, 0.15) is 31.2 Å². The molecule has 3 rings (SSSR count). The van der Waals surface area contributed by atoms with Crippen LogP contribution >= 0.6 is 0 Å². The lowest BCUT2D eigenvalue weighted by molar-refractivity contribution is 0.264. The third kappa shape index (κ3) is 3.94. The Balaban J connectivity index is 1.69. The standard InChI is InChI=1S/C19H23N3O3/c1-24-17-8-15-16(22-12-14(10-20)19(15)23)9-18(17)25-7-3-5-13-4-2-6-21-11-13/h8-9,12-13,21H,2-7,11H2,1H3,(H,22,23). The minimum Gasteiger partial charge on any atom is -0.506 e. The van der Waals surface area contributed by atoms with Crippen LogP contribution in [0.3, 0.4) is 0 Å². The van der Waals surface area contributed by atoms with Crippen molar-refractivity contribution in [2.24, 2.45) is 5.92 Å². The zero-order valence-electron chi connectivity index (χ0n) is 14.4. The number of nitrogens with one attached hydrogen (secondary N) is 1. The van der Waals surface area contributed by atoms with Gasteiger partial charge in [0.15, 0.2) is 11.5 Å². The molecule has 1 aromatic heterocycles. The van der Waals surface area contributed by atoms with E-state index in [1.54, 1.807) is 19.2 Å². The minimum absolute atomic E-state index is 0.0813. The molecule has 1 aliphatic heterocycles. The smallest absolute Gasteiger partial charge is 0.163 e. The van der Waals surface area contributed by atoms with Crippen molar-refractivity contribution in [3.05, 3.63) is 23.9 Å². The molecule has 6 heteroatoms. The Hall–Kier alpha value is -2.52. The number of nitriles is 1. The molecule has 132 valence electrons. The van der Waals surface area contributed by atoms with Crippen molar-refractivity contribution in [2.45, 2.75) is 25.7 Å². The number of ether oxygens (including phenoxy) is 2. The first kappa shape index (κ1) is 17.3. The fraction of sp³-hybridized carbons (Fsp3) is 0.474. The van der Waals surface area contributed by atoms with Crippen LogP contribution in [-0.2, 0) is 0 Å². The molecule has 1 saturated heterocycles. The molecule has 0 bridgehead atoms. The number of nitrogens with zero attached hydrogens (tertiary/aromatic N) is 2. The molecule has 6 nitrogen and oxygen atoms in total. The molecule has 1 fully saturated rings. The monoisotopic (exact) mass is 341 g/mol. The van der Waals surface area contributed by atoms with E-state index < -0.39 is 0 Å². The van der Waals surface area contributed by atoms with Crippen LogP contribution in [0.2, 0.25) is 0 Å². The topological polar surface area (TPSA) is 87.4 Å². The molecule has 2 heterocycles. The first-order valence-electron chi connectivity index (χ1n) is 8.66. The first-order valence-corrected chi connectivity index (χ1v) is 8.66. The van der Waals surface area contributed by atoms with Gasteiger partial charge in [-0.3, -0.25) is 4.98 Å². The van der Waals surface area contributed by atoms with E-state index in [-0.39, 0.29) is 11.3 Å². The van der Waals surface area contributed by atoms with Crippen LogP contribution in [0.5, 0.6) is 17.2 Å². The lowest BCUT2D eigenvalue weighted by Gasteiger charge is -2.22. The van der Waals surface area contributed by atoms with Gasteiger partial charge >= 0.3 is 0 Å². The molecule has 0 saturated carbocycles. The predicted molar refractivity (Wildman–Crippen MR) is 95.0 cm³/mol. The van der Waals surface area contributed by atoms with Crippen LogP contribution in [0.25, 0.3) is 10.9 Å². The van der Waals surface area contributed by atoms with Crippen LogP contribution < -0.4 is 14.8 Å². The van der Waals surface area contributed by atoms with Gasteiger partial charge in [0, 0.05) is 17.6 Å². The summed E-state index contributed by atoms with van der Waals surface area (Å²) in [6, 6.07) is 5.34. The Bertz CT molecular complexity index is 780.